The van der Waals surface area contributed by atoms with Crippen LogP contribution in [0.25, 0.3) is 22.6 Å². The predicted molar refractivity (Wildman–Crippen MR) is 127 cm³/mol. The summed E-state index contributed by atoms with van der Waals surface area (Å²) in [5, 5.41) is 1.82. The summed E-state index contributed by atoms with van der Waals surface area (Å²) in [4.78, 5) is 8.73. The van der Waals surface area contributed by atoms with Crippen molar-refractivity contribution in [3.63, 3.8) is 0 Å². The third-order valence-corrected chi connectivity index (χ3v) is 5.34. The lowest BCUT2D eigenvalue weighted by atomic mass is 10.0. The first-order valence-electron chi connectivity index (χ1n) is 10.2. The van der Waals surface area contributed by atoms with Crippen molar-refractivity contribution in [1.29, 1.82) is 0 Å². The van der Waals surface area contributed by atoms with E-state index < -0.39 is 0 Å². The fourth-order valence-corrected chi connectivity index (χ4v) is 3.57. The molecule has 2 heterocycles. The zero-order valence-electron chi connectivity index (χ0n) is 17.1. The number of oxazole rings is 1. The molecule has 0 radical (unpaired) electrons. The average Bonchev–Trinajstić information content (AvgIpc) is 3.37. The molecule has 0 fully saturated rings. The second-order valence-corrected chi connectivity index (χ2v) is 7.72. The number of hydrogen-bond acceptors (Lipinski definition) is 4. The molecule has 32 heavy (non-hydrogen) atoms. The molecule has 156 valence electrons. The normalized spacial score (nSPS) is 11.6. The van der Waals surface area contributed by atoms with E-state index in [0.717, 1.165) is 39.0 Å². The van der Waals surface area contributed by atoms with Crippen LogP contribution >= 0.6 is 11.6 Å². The number of benzene rings is 3. The van der Waals surface area contributed by atoms with Gasteiger partial charge in [0.05, 0.1) is 17.4 Å². The summed E-state index contributed by atoms with van der Waals surface area (Å²) in [6.07, 6.45) is 5.18. The summed E-state index contributed by atoms with van der Waals surface area (Å²) in [7, 11) is 0. The van der Waals surface area contributed by atoms with Crippen LogP contribution in [-0.4, -0.2) is 9.97 Å². The average molecular weight is 439 g/mol. The minimum atomic E-state index is 0.403. The highest BCUT2D eigenvalue weighted by molar-refractivity contribution is 6.30. The molecule has 5 rings (SSSR count). The Morgan fingerprint density at radius 1 is 0.906 bits per heavy atom. The van der Waals surface area contributed by atoms with Crippen LogP contribution in [0.15, 0.2) is 102 Å². The Kier molecular flexibility index (Phi) is 5.69. The molecular weight excluding hydrogens is 420 g/mol. The molecule has 0 saturated carbocycles. The number of fused-ring (bicyclic) bond motifs is 1. The van der Waals surface area contributed by atoms with E-state index in [1.54, 1.807) is 6.20 Å². The lowest BCUT2D eigenvalue weighted by molar-refractivity contribution is 0.302. The van der Waals surface area contributed by atoms with Crippen molar-refractivity contribution in [1.82, 2.24) is 9.97 Å². The fraction of sp³-hybridized carbons (Fsp3) is 0.0370. The molecule has 0 aliphatic rings. The van der Waals surface area contributed by atoms with Crippen LogP contribution in [0.1, 0.15) is 22.6 Å². The largest absolute Gasteiger partial charge is 0.487 e. The number of halogens is 1. The van der Waals surface area contributed by atoms with Gasteiger partial charge in [0.25, 0.3) is 0 Å². The number of rotatable bonds is 6. The van der Waals surface area contributed by atoms with Gasteiger partial charge in [0, 0.05) is 16.0 Å². The maximum absolute atomic E-state index is 6.02. The van der Waals surface area contributed by atoms with Gasteiger partial charge in [0.15, 0.2) is 12.2 Å². The van der Waals surface area contributed by atoms with Crippen molar-refractivity contribution in [2.24, 2.45) is 0 Å². The van der Waals surface area contributed by atoms with Crippen LogP contribution in [0.3, 0.4) is 0 Å². The molecule has 0 saturated heterocycles. The van der Waals surface area contributed by atoms with Crippen molar-refractivity contribution in [2.45, 2.75) is 6.61 Å². The Labute approximate surface area is 190 Å². The van der Waals surface area contributed by atoms with E-state index in [2.05, 4.69) is 22.1 Å². The third-order valence-electron chi connectivity index (χ3n) is 5.09. The summed E-state index contributed by atoms with van der Waals surface area (Å²) in [6.45, 7) is 0.403. The van der Waals surface area contributed by atoms with Crippen LogP contribution in [0.5, 0.6) is 5.75 Å². The summed E-state index contributed by atoms with van der Waals surface area (Å²) in [5.74, 6) is 1.46. The van der Waals surface area contributed by atoms with E-state index in [9.17, 15) is 0 Å². The lowest BCUT2D eigenvalue weighted by Gasteiger charge is -2.09. The number of nitrogens with zero attached hydrogens (tertiary/aromatic N) is 2. The van der Waals surface area contributed by atoms with Gasteiger partial charge in [-0.2, -0.15) is 0 Å². The molecule has 5 aromatic rings. The topological polar surface area (TPSA) is 48.2 Å². The molecular formula is C27H19ClN2O2. The second-order valence-electron chi connectivity index (χ2n) is 7.28. The first-order valence-corrected chi connectivity index (χ1v) is 10.6. The van der Waals surface area contributed by atoms with Gasteiger partial charge < -0.3 is 9.15 Å². The monoisotopic (exact) mass is 438 g/mol. The van der Waals surface area contributed by atoms with E-state index in [-0.39, 0.29) is 0 Å². The molecule has 5 heteroatoms. The van der Waals surface area contributed by atoms with Gasteiger partial charge in [-0.05, 0) is 53.6 Å². The predicted octanol–water partition coefficient (Wildman–Crippen LogP) is 7.04. The van der Waals surface area contributed by atoms with Crippen molar-refractivity contribution >= 4 is 34.2 Å². The van der Waals surface area contributed by atoms with E-state index in [0.29, 0.717) is 17.4 Å². The Morgan fingerprint density at radius 2 is 1.72 bits per heavy atom. The van der Waals surface area contributed by atoms with Gasteiger partial charge in [-0.1, -0.05) is 60.1 Å². The Morgan fingerprint density at radius 3 is 2.50 bits per heavy atom. The second kappa shape index (κ2) is 9.08. The Bertz CT molecular complexity index is 1360. The molecule has 0 spiro atoms. The van der Waals surface area contributed by atoms with Crippen LogP contribution in [0.2, 0.25) is 5.02 Å². The molecule has 0 N–H and O–H groups in total. The Hall–Kier alpha value is -3.89. The van der Waals surface area contributed by atoms with Gasteiger partial charge in [0.2, 0.25) is 0 Å². The number of ether oxygens (including phenoxy) is 1. The zero-order valence-corrected chi connectivity index (χ0v) is 17.9. The van der Waals surface area contributed by atoms with Gasteiger partial charge in [0.1, 0.15) is 12.4 Å². The van der Waals surface area contributed by atoms with Crippen LogP contribution in [-0.2, 0) is 6.61 Å². The van der Waals surface area contributed by atoms with Gasteiger partial charge in [-0.25, -0.2) is 9.97 Å². The molecule has 0 bridgehead atoms. The number of pyridine rings is 1. The zero-order chi connectivity index (χ0) is 21.8. The summed E-state index contributed by atoms with van der Waals surface area (Å²) < 4.78 is 11.5. The van der Waals surface area contributed by atoms with Gasteiger partial charge in [-0.3, -0.25) is 0 Å². The highest BCUT2D eigenvalue weighted by Crippen LogP contribution is 2.28. The van der Waals surface area contributed by atoms with Crippen molar-refractivity contribution in [2.75, 3.05) is 0 Å². The van der Waals surface area contributed by atoms with E-state index in [1.807, 2.05) is 78.9 Å². The smallest absolute Gasteiger partial charge is 0.181 e. The standard InChI is InChI=1S/C27H19ClN2O2/c28-22-10-5-19(6-11-22)15-25(27-16-29-18-32-27)20-8-13-24(14-9-20)31-17-23-12-7-21-3-1-2-4-26(21)30-23/h1-16,18H,17H2. The van der Waals surface area contributed by atoms with E-state index in [4.69, 9.17) is 20.8 Å². The molecule has 4 nitrogen and oxygen atoms in total. The fourth-order valence-electron chi connectivity index (χ4n) is 3.45. The highest BCUT2D eigenvalue weighted by atomic mass is 35.5. The van der Waals surface area contributed by atoms with Gasteiger partial charge in [-0.15, -0.1) is 0 Å². The van der Waals surface area contributed by atoms with Crippen molar-refractivity contribution < 1.29 is 9.15 Å². The lowest BCUT2D eigenvalue weighted by Crippen LogP contribution is -1.98. The third kappa shape index (κ3) is 4.56. The number of para-hydroxylation sites is 1. The first kappa shape index (κ1) is 20.0. The maximum atomic E-state index is 6.02. The molecule has 0 aliphatic heterocycles. The van der Waals surface area contributed by atoms with Crippen molar-refractivity contribution in [3.8, 4) is 5.75 Å². The van der Waals surface area contributed by atoms with Crippen LogP contribution < -0.4 is 4.74 Å². The van der Waals surface area contributed by atoms with Gasteiger partial charge >= 0.3 is 0 Å². The molecule has 0 unspecified atom stereocenters. The van der Waals surface area contributed by atoms with E-state index in [1.165, 1.54) is 6.39 Å². The highest BCUT2D eigenvalue weighted by Gasteiger charge is 2.10. The number of aromatic nitrogens is 2. The molecule has 0 amide bonds. The summed E-state index contributed by atoms with van der Waals surface area (Å²) in [5.41, 5.74) is 4.79. The maximum Gasteiger partial charge on any atom is 0.181 e. The van der Waals surface area contributed by atoms with Crippen LogP contribution in [0, 0.1) is 0 Å². The van der Waals surface area contributed by atoms with Crippen LogP contribution in [0.4, 0.5) is 0 Å². The van der Waals surface area contributed by atoms with E-state index >= 15 is 0 Å². The SMILES string of the molecule is Clc1ccc(C=C(c2ccc(OCc3ccc4ccccc4n3)cc2)c2cnco2)cc1. The minimum Gasteiger partial charge on any atom is -0.487 e. The summed E-state index contributed by atoms with van der Waals surface area (Å²) >= 11 is 6.02. The van der Waals surface area contributed by atoms with Crippen molar-refractivity contribution in [3.05, 3.63) is 125 Å². The molecule has 2 aromatic heterocycles. The summed E-state index contributed by atoms with van der Waals surface area (Å²) in [6, 6.07) is 27.7. The molecule has 0 atom stereocenters. The minimum absolute atomic E-state index is 0.403. The number of hydrogen-bond donors (Lipinski definition) is 0. The Balaban J connectivity index is 1.36. The quantitative estimate of drug-likeness (QED) is 0.267. The first-order chi connectivity index (χ1) is 15.7. The molecule has 0 aliphatic carbocycles. The molecule has 3 aromatic carbocycles.